The van der Waals surface area contributed by atoms with Crippen molar-refractivity contribution in [2.45, 2.75) is 63.1 Å². The Balaban J connectivity index is 1.29. The van der Waals surface area contributed by atoms with Crippen molar-refractivity contribution in [1.29, 1.82) is 0 Å². The van der Waals surface area contributed by atoms with Gasteiger partial charge in [0.2, 0.25) is 5.82 Å². The van der Waals surface area contributed by atoms with E-state index in [2.05, 4.69) is 27.3 Å². The maximum Gasteiger partial charge on any atom is 0.261 e. The number of amides is 1. The number of imidazole rings is 1. The maximum atomic E-state index is 15.9. The van der Waals surface area contributed by atoms with E-state index in [-0.39, 0.29) is 34.1 Å². The predicted octanol–water partition coefficient (Wildman–Crippen LogP) is 3.83. The molecule has 2 aliphatic carbocycles. The lowest BCUT2D eigenvalue weighted by atomic mass is 9.62. The Morgan fingerprint density at radius 2 is 2.06 bits per heavy atom. The van der Waals surface area contributed by atoms with Crippen LogP contribution in [0, 0.1) is 12.7 Å². The first-order valence-electron chi connectivity index (χ1n) is 12.0. The van der Waals surface area contributed by atoms with Crippen LogP contribution in [-0.4, -0.2) is 48.2 Å². The Kier molecular flexibility index (Phi) is 4.16. The van der Waals surface area contributed by atoms with Crippen LogP contribution in [0.25, 0.3) is 11.3 Å². The van der Waals surface area contributed by atoms with E-state index in [1.54, 1.807) is 21.3 Å². The molecule has 4 fully saturated rings. The maximum absolute atomic E-state index is 15.9. The zero-order valence-corrected chi connectivity index (χ0v) is 19.5. The molecule has 0 radical (unpaired) electrons. The van der Waals surface area contributed by atoms with Crippen LogP contribution in [0.2, 0.25) is 0 Å². The zero-order valence-electron chi connectivity index (χ0n) is 19.5. The number of aryl methyl sites for hydroxylation is 1. The normalized spacial score (nSPS) is 25.6. The summed E-state index contributed by atoms with van der Waals surface area (Å²) in [4.78, 5) is 22.4. The Morgan fingerprint density at radius 3 is 2.77 bits per heavy atom. The SMILES string of the molecule is Cc1cnc2c(NC(=O)c3cn4cc(C56COC(C)(C5)C6)nc4c(F)c3OC3CCC3)cnn2c1. The third-order valence-electron chi connectivity index (χ3n) is 7.62. The molecule has 4 aliphatic rings. The number of ether oxygens (including phenoxy) is 2. The Labute approximate surface area is 200 Å². The topological polar surface area (TPSA) is 95.1 Å². The molecular weight excluding hydrogens is 451 g/mol. The molecule has 1 N–H and O–H groups in total. The monoisotopic (exact) mass is 476 g/mol. The quantitative estimate of drug-likeness (QED) is 0.471. The zero-order chi connectivity index (χ0) is 23.9. The number of anilines is 1. The molecule has 0 atom stereocenters. The van der Waals surface area contributed by atoms with E-state index in [4.69, 9.17) is 9.47 Å². The van der Waals surface area contributed by atoms with E-state index < -0.39 is 11.7 Å². The number of hydrogen-bond donors (Lipinski definition) is 1. The van der Waals surface area contributed by atoms with Gasteiger partial charge in [-0.1, -0.05) is 0 Å². The molecule has 0 spiro atoms. The van der Waals surface area contributed by atoms with E-state index in [0.29, 0.717) is 17.9 Å². The van der Waals surface area contributed by atoms with Crippen molar-refractivity contribution in [3.63, 3.8) is 0 Å². The van der Waals surface area contributed by atoms with Crippen molar-refractivity contribution in [3.05, 3.63) is 53.6 Å². The lowest BCUT2D eigenvalue weighted by Crippen LogP contribution is -2.45. The molecule has 2 bridgehead atoms. The standard InChI is InChI=1S/C25H25FN6O3/c1-14-6-27-21-17(7-28-32(21)8-14)29-23(33)16-9-31-10-18(25-11-24(2,12-25)34-13-25)30-22(31)19(26)20(16)35-15-4-3-5-15/h6-10,15H,3-5,11-13H2,1-2H3,(H,29,33). The summed E-state index contributed by atoms with van der Waals surface area (Å²) in [5.74, 6) is -1.18. The number of nitrogens with zero attached hydrogens (tertiary/aromatic N) is 5. The number of carbonyl (C=O) groups excluding carboxylic acids is 1. The van der Waals surface area contributed by atoms with Gasteiger partial charge in [-0.05, 0) is 51.5 Å². The van der Waals surface area contributed by atoms with E-state index in [9.17, 15) is 4.79 Å². The molecule has 6 heterocycles. The van der Waals surface area contributed by atoms with Crippen molar-refractivity contribution in [2.75, 3.05) is 11.9 Å². The Bertz CT molecular complexity index is 1510. The number of aromatic nitrogens is 5. The van der Waals surface area contributed by atoms with Gasteiger partial charge in [-0.15, -0.1) is 0 Å². The molecule has 0 aromatic carbocycles. The first-order chi connectivity index (χ1) is 16.8. The molecule has 2 aliphatic heterocycles. The number of halogens is 1. The fourth-order valence-corrected chi connectivity index (χ4v) is 5.66. The molecule has 35 heavy (non-hydrogen) atoms. The predicted molar refractivity (Wildman–Crippen MR) is 124 cm³/mol. The van der Waals surface area contributed by atoms with Gasteiger partial charge in [0.25, 0.3) is 5.91 Å². The van der Waals surface area contributed by atoms with E-state index in [0.717, 1.165) is 43.4 Å². The third-order valence-corrected chi connectivity index (χ3v) is 7.62. The molecule has 2 saturated heterocycles. The minimum Gasteiger partial charge on any atom is -0.486 e. The number of carbonyl (C=O) groups is 1. The fourth-order valence-electron chi connectivity index (χ4n) is 5.66. The summed E-state index contributed by atoms with van der Waals surface area (Å²) >= 11 is 0. The summed E-state index contributed by atoms with van der Waals surface area (Å²) in [6.07, 6.45) is 12.8. The van der Waals surface area contributed by atoms with Crippen molar-refractivity contribution >= 4 is 22.9 Å². The summed E-state index contributed by atoms with van der Waals surface area (Å²) in [6, 6.07) is 0. The Hall–Kier alpha value is -3.53. The molecule has 10 heteroatoms. The highest BCUT2D eigenvalue weighted by molar-refractivity contribution is 6.07. The largest absolute Gasteiger partial charge is 0.486 e. The molecule has 0 unspecified atom stereocenters. The molecule has 1 amide bonds. The second kappa shape index (κ2) is 7.00. The first-order valence-corrected chi connectivity index (χ1v) is 12.0. The lowest BCUT2D eigenvalue weighted by molar-refractivity contribution is 0.0154. The Morgan fingerprint density at radius 1 is 1.23 bits per heavy atom. The molecular formula is C25H25FN6O3. The second-order valence-corrected chi connectivity index (χ2v) is 10.5. The van der Waals surface area contributed by atoms with Crippen molar-refractivity contribution in [3.8, 4) is 5.75 Å². The van der Waals surface area contributed by atoms with Crippen LogP contribution >= 0.6 is 0 Å². The van der Waals surface area contributed by atoms with Gasteiger partial charge in [0.05, 0.1) is 30.2 Å². The van der Waals surface area contributed by atoms with Gasteiger partial charge in [-0.3, -0.25) is 4.79 Å². The highest BCUT2D eigenvalue weighted by atomic mass is 19.1. The summed E-state index contributed by atoms with van der Waals surface area (Å²) in [7, 11) is 0. The van der Waals surface area contributed by atoms with Crippen LogP contribution in [0.5, 0.6) is 5.75 Å². The van der Waals surface area contributed by atoms with E-state index in [1.807, 2.05) is 19.3 Å². The average Bonchev–Trinajstić information content (AvgIpc) is 3.53. The summed E-state index contributed by atoms with van der Waals surface area (Å²) in [5.41, 5.74) is 2.64. The highest BCUT2D eigenvalue weighted by Gasteiger charge is 2.61. The molecule has 9 nitrogen and oxygen atoms in total. The number of pyridine rings is 1. The van der Waals surface area contributed by atoms with Crippen molar-refractivity contribution < 1.29 is 18.7 Å². The molecule has 180 valence electrons. The van der Waals surface area contributed by atoms with Crippen LogP contribution in [-0.2, 0) is 10.2 Å². The highest BCUT2D eigenvalue weighted by Crippen LogP contribution is 2.58. The molecule has 8 rings (SSSR count). The summed E-state index contributed by atoms with van der Waals surface area (Å²) in [6.45, 7) is 4.59. The minimum absolute atomic E-state index is 0.0595. The smallest absolute Gasteiger partial charge is 0.261 e. The minimum atomic E-state index is -0.623. The molecule has 4 aromatic rings. The third kappa shape index (κ3) is 3.09. The number of fused-ring (bicyclic) bond motifs is 3. The van der Waals surface area contributed by atoms with Crippen molar-refractivity contribution in [2.24, 2.45) is 0 Å². The number of rotatable bonds is 5. The van der Waals surface area contributed by atoms with Crippen molar-refractivity contribution in [1.82, 2.24) is 24.0 Å². The van der Waals surface area contributed by atoms with Crippen LogP contribution in [0.4, 0.5) is 10.1 Å². The number of nitrogens with one attached hydrogen (secondary N) is 1. The van der Waals surface area contributed by atoms with Crippen LogP contribution in [0.1, 0.15) is 60.6 Å². The molecule has 4 aromatic heterocycles. The van der Waals surface area contributed by atoms with Crippen LogP contribution < -0.4 is 10.1 Å². The number of hydrogen-bond acceptors (Lipinski definition) is 6. The summed E-state index contributed by atoms with van der Waals surface area (Å²) < 4.78 is 31.0. The van der Waals surface area contributed by atoms with Gasteiger partial charge in [0.15, 0.2) is 17.0 Å². The van der Waals surface area contributed by atoms with E-state index in [1.165, 1.54) is 6.20 Å². The lowest BCUT2D eigenvalue weighted by Gasteiger charge is -2.41. The fraction of sp³-hybridized carbons (Fsp3) is 0.440. The van der Waals surface area contributed by atoms with Gasteiger partial charge >= 0.3 is 0 Å². The van der Waals surface area contributed by atoms with Crippen LogP contribution in [0.15, 0.2) is 31.0 Å². The second-order valence-electron chi connectivity index (χ2n) is 10.5. The average molecular weight is 477 g/mol. The van der Waals surface area contributed by atoms with Crippen LogP contribution in [0.3, 0.4) is 0 Å². The van der Waals surface area contributed by atoms with Gasteiger partial charge in [-0.25, -0.2) is 14.5 Å². The molecule has 2 saturated carbocycles. The van der Waals surface area contributed by atoms with E-state index >= 15 is 4.39 Å². The van der Waals surface area contributed by atoms with Gasteiger partial charge in [0.1, 0.15) is 11.3 Å². The first kappa shape index (κ1) is 20.8. The summed E-state index contributed by atoms with van der Waals surface area (Å²) in [5, 5.41) is 7.10. The van der Waals surface area contributed by atoms with Gasteiger partial charge in [-0.2, -0.15) is 9.49 Å². The van der Waals surface area contributed by atoms with Gasteiger partial charge in [0, 0.05) is 30.2 Å². The van der Waals surface area contributed by atoms with Gasteiger partial charge < -0.3 is 19.2 Å².